The van der Waals surface area contributed by atoms with E-state index < -0.39 is 0 Å². The molecule has 112 valence electrons. The van der Waals surface area contributed by atoms with E-state index in [1.807, 2.05) is 37.3 Å². The number of nitrogens with zero attached hydrogens (tertiary/aromatic N) is 1. The van der Waals surface area contributed by atoms with Crippen molar-refractivity contribution in [3.63, 3.8) is 0 Å². The fraction of sp³-hybridized carbons (Fsp3) is 0.222. The summed E-state index contributed by atoms with van der Waals surface area (Å²) in [4.78, 5) is 14.4. The molecule has 1 amide bonds. The highest BCUT2D eigenvalue weighted by molar-refractivity contribution is 8.24. The summed E-state index contributed by atoms with van der Waals surface area (Å²) in [5, 5.41) is -0.107. The summed E-state index contributed by atoms with van der Waals surface area (Å²) in [7, 11) is 0. The third-order valence-corrected chi connectivity index (χ3v) is 5.26. The van der Waals surface area contributed by atoms with Crippen LogP contribution in [0.4, 0.5) is 0 Å². The first-order valence-electron chi connectivity index (χ1n) is 7.23. The zero-order valence-corrected chi connectivity index (χ0v) is 14.2. The third-order valence-electron chi connectivity index (χ3n) is 3.83. The number of thioether (sulfide) groups is 1. The van der Waals surface area contributed by atoms with Crippen molar-refractivity contribution < 1.29 is 4.79 Å². The lowest BCUT2D eigenvalue weighted by molar-refractivity contribution is -0.126. The number of hydrogen-bond acceptors (Lipinski definition) is 3. The molecular weight excluding hydrogens is 310 g/mol. The number of carbonyl (C=O) groups excluding carboxylic acids is 1. The predicted octanol–water partition coefficient (Wildman–Crippen LogP) is 4.33. The van der Waals surface area contributed by atoms with Crippen molar-refractivity contribution in [2.45, 2.75) is 25.1 Å². The highest BCUT2D eigenvalue weighted by atomic mass is 32.2. The highest BCUT2D eigenvalue weighted by Crippen LogP contribution is 2.38. The van der Waals surface area contributed by atoms with Gasteiger partial charge in [-0.1, -0.05) is 84.1 Å². The van der Waals surface area contributed by atoms with E-state index in [2.05, 4.69) is 31.2 Å². The standard InChI is InChI=1S/C18H17NOS2/c1-12-8-10-15(11-9-12)16(14-6-4-3-5-7-14)19-17(20)13(2)22-18(19)21/h3-11,13,16H,1-2H3. The minimum atomic E-state index is -0.153. The molecule has 22 heavy (non-hydrogen) atoms. The van der Waals surface area contributed by atoms with Crippen molar-refractivity contribution in [3.05, 3.63) is 71.3 Å². The Kier molecular flexibility index (Phi) is 4.32. The Morgan fingerprint density at radius 2 is 1.64 bits per heavy atom. The summed E-state index contributed by atoms with van der Waals surface area (Å²) >= 11 is 6.93. The minimum absolute atomic E-state index is 0.0874. The minimum Gasteiger partial charge on any atom is -0.285 e. The van der Waals surface area contributed by atoms with Crippen LogP contribution >= 0.6 is 24.0 Å². The van der Waals surface area contributed by atoms with Crippen LogP contribution in [0.25, 0.3) is 0 Å². The lowest BCUT2D eigenvalue weighted by Crippen LogP contribution is -2.35. The smallest absolute Gasteiger partial charge is 0.242 e. The maximum atomic E-state index is 12.6. The normalized spacial score (nSPS) is 19.5. The van der Waals surface area contributed by atoms with E-state index >= 15 is 0 Å². The highest BCUT2D eigenvalue weighted by Gasteiger charge is 2.39. The second-order valence-corrected chi connectivity index (χ2v) is 7.43. The average Bonchev–Trinajstić information content (AvgIpc) is 2.77. The molecule has 2 unspecified atom stereocenters. The van der Waals surface area contributed by atoms with Gasteiger partial charge in [0.15, 0.2) is 0 Å². The molecule has 3 rings (SSSR count). The molecule has 0 saturated carbocycles. The number of hydrogen-bond donors (Lipinski definition) is 0. The first-order chi connectivity index (χ1) is 10.6. The summed E-state index contributed by atoms with van der Waals surface area (Å²) in [5.74, 6) is 0.0874. The Labute approximate surface area is 140 Å². The lowest BCUT2D eigenvalue weighted by Gasteiger charge is -2.28. The molecule has 0 N–H and O–H groups in total. The molecular formula is C18H17NOS2. The molecule has 1 fully saturated rings. The van der Waals surface area contributed by atoms with E-state index in [9.17, 15) is 4.79 Å². The van der Waals surface area contributed by atoms with E-state index in [1.165, 1.54) is 17.3 Å². The van der Waals surface area contributed by atoms with Crippen molar-refractivity contribution in [1.29, 1.82) is 0 Å². The van der Waals surface area contributed by atoms with Crippen molar-refractivity contribution in [2.75, 3.05) is 0 Å². The fourth-order valence-electron chi connectivity index (χ4n) is 2.65. The number of rotatable bonds is 3. The molecule has 2 atom stereocenters. The van der Waals surface area contributed by atoms with Gasteiger partial charge >= 0.3 is 0 Å². The van der Waals surface area contributed by atoms with Gasteiger partial charge in [-0.2, -0.15) is 0 Å². The van der Waals surface area contributed by atoms with Gasteiger partial charge in [0.05, 0.1) is 11.3 Å². The quantitative estimate of drug-likeness (QED) is 0.783. The zero-order chi connectivity index (χ0) is 15.7. The van der Waals surface area contributed by atoms with E-state index in [-0.39, 0.29) is 17.2 Å². The molecule has 0 spiro atoms. The first kappa shape index (κ1) is 15.3. The second-order valence-electron chi connectivity index (χ2n) is 5.46. The summed E-state index contributed by atoms with van der Waals surface area (Å²) in [6, 6.07) is 18.2. The van der Waals surface area contributed by atoms with E-state index in [1.54, 1.807) is 4.90 Å². The van der Waals surface area contributed by atoms with Gasteiger partial charge in [0.25, 0.3) is 0 Å². The van der Waals surface area contributed by atoms with Crippen molar-refractivity contribution in [2.24, 2.45) is 0 Å². The molecule has 1 aliphatic rings. The molecule has 2 aromatic carbocycles. The van der Waals surface area contributed by atoms with Crippen LogP contribution in [0.3, 0.4) is 0 Å². The zero-order valence-electron chi connectivity index (χ0n) is 12.5. The van der Waals surface area contributed by atoms with Gasteiger partial charge in [-0.25, -0.2) is 0 Å². The van der Waals surface area contributed by atoms with Crippen LogP contribution in [-0.4, -0.2) is 20.4 Å². The van der Waals surface area contributed by atoms with Crippen LogP contribution in [0.5, 0.6) is 0 Å². The molecule has 2 nitrogen and oxygen atoms in total. The Hall–Kier alpha value is -1.65. The van der Waals surface area contributed by atoms with Crippen LogP contribution in [0.15, 0.2) is 54.6 Å². The number of benzene rings is 2. The Bertz CT molecular complexity index is 697. The first-order valence-corrected chi connectivity index (χ1v) is 8.52. The topological polar surface area (TPSA) is 20.3 Å². The molecule has 4 heteroatoms. The summed E-state index contributed by atoms with van der Waals surface area (Å²) in [6.45, 7) is 3.97. The molecule has 1 saturated heterocycles. The maximum Gasteiger partial charge on any atom is 0.242 e. The molecule has 0 aromatic heterocycles. The number of amides is 1. The molecule has 1 heterocycles. The number of thiocarbonyl (C=S) groups is 1. The van der Waals surface area contributed by atoms with Gasteiger partial charge in [-0.05, 0) is 25.0 Å². The van der Waals surface area contributed by atoms with Crippen molar-refractivity contribution in [1.82, 2.24) is 4.90 Å². The third kappa shape index (κ3) is 2.81. The summed E-state index contributed by atoms with van der Waals surface area (Å²) in [6.07, 6.45) is 0. The van der Waals surface area contributed by atoms with Gasteiger partial charge in [-0.3, -0.25) is 9.69 Å². The van der Waals surface area contributed by atoms with E-state index in [4.69, 9.17) is 12.2 Å². The molecule has 0 aliphatic carbocycles. The van der Waals surface area contributed by atoms with Crippen LogP contribution < -0.4 is 0 Å². The molecule has 1 aliphatic heterocycles. The Balaban J connectivity index is 2.09. The molecule has 0 bridgehead atoms. The van der Waals surface area contributed by atoms with Gasteiger partial charge in [0.1, 0.15) is 4.32 Å². The van der Waals surface area contributed by atoms with Crippen LogP contribution in [0.1, 0.15) is 29.7 Å². The lowest BCUT2D eigenvalue weighted by atomic mass is 9.96. The average molecular weight is 327 g/mol. The SMILES string of the molecule is Cc1ccc(C(c2ccccc2)N2C(=O)C(C)SC2=S)cc1. The molecule has 2 aromatic rings. The van der Waals surface area contributed by atoms with Gasteiger partial charge in [0, 0.05) is 0 Å². The molecule has 0 radical (unpaired) electrons. The maximum absolute atomic E-state index is 12.6. The Morgan fingerprint density at radius 1 is 1.05 bits per heavy atom. The second kappa shape index (κ2) is 6.23. The van der Waals surface area contributed by atoms with Gasteiger partial charge in [0.2, 0.25) is 5.91 Å². The fourth-order valence-corrected chi connectivity index (χ4v) is 4.11. The van der Waals surface area contributed by atoms with Crippen molar-refractivity contribution >= 4 is 34.2 Å². The van der Waals surface area contributed by atoms with Gasteiger partial charge < -0.3 is 0 Å². The van der Waals surface area contributed by atoms with Crippen LogP contribution in [-0.2, 0) is 4.79 Å². The van der Waals surface area contributed by atoms with E-state index in [0.717, 1.165) is 11.1 Å². The summed E-state index contributed by atoms with van der Waals surface area (Å²) in [5.41, 5.74) is 3.37. The van der Waals surface area contributed by atoms with Crippen molar-refractivity contribution in [3.8, 4) is 0 Å². The van der Waals surface area contributed by atoms with Crippen LogP contribution in [0.2, 0.25) is 0 Å². The number of aryl methyl sites for hydroxylation is 1. The Morgan fingerprint density at radius 3 is 2.18 bits per heavy atom. The van der Waals surface area contributed by atoms with E-state index in [0.29, 0.717) is 4.32 Å². The predicted molar refractivity (Wildman–Crippen MR) is 96.0 cm³/mol. The monoisotopic (exact) mass is 327 g/mol. The van der Waals surface area contributed by atoms with Gasteiger partial charge in [-0.15, -0.1) is 0 Å². The number of carbonyl (C=O) groups is 1. The summed E-state index contributed by atoms with van der Waals surface area (Å²) < 4.78 is 0.659. The largest absolute Gasteiger partial charge is 0.285 e. The van der Waals surface area contributed by atoms with Crippen LogP contribution in [0, 0.1) is 6.92 Å².